The van der Waals surface area contributed by atoms with Crippen LogP contribution < -0.4 is 20.9 Å². The van der Waals surface area contributed by atoms with E-state index in [0.717, 1.165) is 43.5 Å². The van der Waals surface area contributed by atoms with E-state index in [1.165, 1.54) is 0 Å². The fourth-order valence-electron chi connectivity index (χ4n) is 3.66. The second-order valence-corrected chi connectivity index (χ2v) is 10.5. The van der Waals surface area contributed by atoms with E-state index < -0.39 is 0 Å². The normalized spacial score (nSPS) is 14.1. The van der Waals surface area contributed by atoms with Crippen LogP contribution in [0.5, 0.6) is 11.5 Å². The Morgan fingerprint density at radius 3 is 1.43 bits per heavy atom. The third-order valence-corrected chi connectivity index (χ3v) is 6.79. The summed E-state index contributed by atoms with van der Waals surface area (Å²) in [4.78, 5) is 11.1. The van der Waals surface area contributed by atoms with E-state index in [0.29, 0.717) is 49.8 Å². The van der Waals surface area contributed by atoms with Gasteiger partial charge >= 0.3 is 0 Å². The Kier molecular flexibility index (Phi) is 7.76. The highest BCUT2D eigenvalue weighted by atomic mass is 32.1. The standard InChI is InChI=1S/C28H34N4O2S/c1-17(2)15-31-27(29)21-9-5-19(6-10-21)25-23-24(34-14-13-33-23)26(35-25)20-7-11-22(12-8-20)28(30)32-16-18(3)4/h5-12,17-18H,13-16H2,1-4H3,(H2,29,31)(H2,30,32). The number of amidine groups is 2. The van der Waals surface area contributed by atoms with Crippen molar-refractivity contribution in [2.75, 3.05) is 26.3 Å². The fourth-order valence-corrected chi connectivity index (χ4v) is 4.86. The molecule has 0 amide bonds. The van der Waals surface area contributed by atoms with E-state index in [-0.39, 0.29) is 0 Å². The molecule has 0 saturated heterocycles. The van der Waals surface area contributed by atoms with Crippen molar-refractivity contribution < 1.29 is 9.47 Å². The van der Waals surface area contributed by atoms with Crippen LogP contribution in [0.4, 0.5) is 0 Å². The van der Waals surface area contributed by atoms with Gasteiger partial charge in [-0.15, -0.1) is 11.3 Å². The lowest BCUT2D eigenvalue weighted by Gasteiger charge is -2.17. The quantitative estimate of drug-likeness (QED) is 0.318. The lowest BCUT2D eigenvalue weighted by Crippen LogP contribution is -2.15. The molecule has 2 aromatic carbocycles. The third-order valence-electron chi connectivity index (χ3n) is 5.54. The van der Waals surface area contributed by atoms with Gasteiger partial charge in [-0.25, -0.2) is 0 Å². The minimum absolute atomic E-state index is 0.471. The molecule has 0 fully saturated rings. The van der Waals surface area contributed by atoms with Crippen molar-refractivity contribution in [2.24, 2.45) is 33.3 Å². The molecule has 1 aliphatic heterocycles. The zero-order valence-electron chi connectivity index (χ0n) is 20.9. The minimum atomic E-state index is 0.471. The van der Waals surface area contributed by atoms with Crippen molar-refractivity contribution in [3.05, 3.63) is 59.7 Å². The summed E-state index contributed by atoms with van der Waals surface area (Å²) in [5, 5.41) is 0. The lowest BCUT2D eigenvalue weighted by atomic mass is 10.1. The van der Waals surface area contributed by atoms with Gasteiger partial charge < -0.3 is 20.9 Å². The molecule has 3 aromatic rings. The summed E-state index contributed by atoms with van der Waals surface area (Å²) in [6, 6.07) is 16.3. The SMILES string of the molecule is CC(C)CN=C(N)c1ccc(-c2sc(-c3ccc(C(N)=NCC(C)C)cc3)c3c2OCCO3)cc1. The highest BCUT2D eigenvalue weighted by Gasteiger charge is 2.26. The zero-order chi connectivity index (χ0) is 24.9. The Bertz CT molecular complexity index is 1120. The summed E-state index contributed by atoms with van der Waals surface area (Å²) in [6.45, 7) is 11.0. The number of ether oxygens (including phenoxy) is 2. The summed E-state index contributed by atoms with van der Waals surface area (Å²) in [6.07, 6.45) is 0. The number of hydrogen-bond donors (Lipinski definition) is 2. The monoisotopic (exact) mass is 490 g/mol. The molecular weight excluding hydrogens is 456 g/mol. The molecule has 0 bridgehead atoms. The van der Waals surface area contributed by atoms with Crippen LogP contribution in [0.2, 0.25) is 0 Å². The van der Waals surface area contributed by atoms with Crippen LogP contribution in [-0.2, 0) is 0 Å². The number of nitrogens with zero attached hydrogens (tertiary/aromatic N) is 2. The summed E-state index contributed by atoms with van der Waals surface area (Å²) in [5.41, 5.74) is 16.3. The first-order valence-corrected chi connectivity index (χ1v) is 12.9. The molecule has 0 aliphatic carbocycles. The zero-order valence-corrected chi connectivity index (χ0v) is 21.7. The third kappa shape index (κ3) is 5.85. The van der Waals surface area contributed by atoms with E-state index in [2.05, 4.69) is 61.9 Å². The van der Waals surface area contributed by atoms with Gasteiger partial charge in [-0.2, -0.15) is 0 Å². The van der Waals surface area contributed by atoms with Crippen LogP contribution in [0.3, 0.4) is 0 Å². The maximum Gasteiger partial charge on any atom is 0.180 e. The molecule has 4 N–H and O–H groups in total. The maximum atomic E-state index is 6.18. The Labute approximate surface area is 211 Å². The van der Waals surface area contributed by atoms with Crippen molar-refractivity contribution in [3.8, 4) is 32.4 Å². The predicted octanol–water partition coefficient (Wildman–Crippen LogP) is 5.58. The van der Waals surface area contributed by atoms with Gasteiger partial charge in [0.05, 0.1) is 9.75 Å². The van der Waals surface area contributed by atoms with Crippen molar-refractivity contribution in [1.29, 1.82) is 0 Å². The molecule has 0 atom stereocenters. The molecule has 0 saturated carbocycles. The second-order valence-electron chi connectivity index (χ2n) is 9.51. The maximum absolute atomic E-state index is 6.18. The number of nitrogens with two attached hydrogens (primary N) is 2. The number of thiophene rings is 1. The van der Waals surface area contributed by atoms with Crippen molar-refractivity contribution in [1.82, 2.24) is 0 Å². The molecule has 1 aliphatic rings. The van der Waals surface area contributed by atoms with Crippen molar-refractivity contribution >= 4 is 23.0 Å². The Balaban J connectivity index is 1.64. The van der Waals surface area contributed by atoms with Gasteiger partial charge in [0.1, 0.15) is 24.9 Å². The molecular formula is C28H34N4O2S. The van der Waals surface area contributed by atoms with Gasteiger partial charge in [-0.1, -0.05) is 76.2 Å². The first kappa shape index (κ1) is 24.8. The van der Waals surface area contributed by atoms with Gasteiger partial charge in [-0.3, -0.25) is 9.98 Å². The van der Waals surface area contributed by atoms with Crippen LogP contribution in [0.1, 0.15) is 38.8 Å². The van der Waals surface area contributed by atoms with Gasteiger partial charge in [-0.05, 0) is 23.0 Å². The van der Waals surface area contributed by atoms with Gasteiger partial charge in [0.2, 0.25) is 0 Å². The molecule has 1 aromatic heterocycles. The van der Waals surface area contributed by atoms with Crippen molar-refractivity contribution in [2.45, 2.75) is 27.7 Å². The number of benzene rings is 2. The smallest absolute Gasteiger partial charge is 0.180 e. The van der Waals surface area contributed by atoms with E-state index in [4.69, 9.17) is 20.9 Å². The van der Waals surface area contributed by atoms with E-state index in [1.807, 2.05) is 24.3 Å². The number of fused-ring (bicyclic) bond motifs is 1. The van der Waals surface area contributed by atoms with E-state index in [1.54, 1.807) is 11.3 Å². The molecule has 0 unspecified atom stereocenters. The average molecular weight is 491 g/mol. The number of aliphatic imine (C=N–C) groups is 2. The van der Waals surface area contributed by atoms with Crippen LogP contribution in [0, 0.1) is 11.8 Å². The topological polar surface area (TPSA) is 95.2 Å². The van der Waals surface area contributed by atoms with Crippen LogP contribution in [0.25, 0.3) is 20.9 Å². The Morgan fingerprint density at radius 1 is 0.714 bits per heavy atom. The van der Waals surface area contributed by atoms with E-state index >= 15 is 0 Å². The molecule has 2 heterocycles. The Morgan fingerprint density at radius 2 is 1.09 bits per heavy atom. The number of rotatable bonds is 8. The summed E-state index contributed by atoms with van der Waals surface area (Å²) < 4.78 is 12.1. The molecule has 6 nitrogen and oxygen atoms in total. The van der Waals surface area contributed by atoms with E-state index in [9.17, 15) is 0 Å². The fraction of sp³-hybridized carbons (Fsp3) is 0.357. The number of hydrogen-bond acceptors (Lipinski definition) is 5. The summed E-state index contributed by atoms with van der Waals surface area (Å²) in [7, 11) is 0. The molecule has 35 heavy (non-hydrogen) atoms. The first-order valence-electron chi connectivity index (χ1n) is 12.1. The average Bonchev–Trinajstić information content (AvgIpc) is 3.25. The van der Waals surface area contributed by atoms with Crippen LogP contribution >= 0.6 is 11.3 Å². The highest BCUT2D eigenvalue weighted by molar-refractivity contribution is 7.19. The summed E-state index contributed by atoms with van der Waals surface area (Å²) in [5.74, 6) is 3.67. The largest absolute Gasteiger partial charge is 0.485 e. The van der Waals surface area contributed by atoms with Gasteiger partial charge in [0.15, 0.2) is 11.5 Å². The minimum Gasteiger partial charge on any atom is -0.485 e. The lowest BCUT2D eigenvalue weighted by molar-refractivity contribution is 0.175. The molecule has 4 rings (SSSR count). The summed E-state index contributed by atoms with van der Waals surface area (Å²) >= 11 is 1.67. The molecule has 7 heteroatoms. The Hall–Kier alpha value is -3.32. The van der Waals surface area contributed by atoms with Crippen LogP contribution in [-0.4, -0.2) is 38.0 Å². The molecule has 184 valence electrons. The van der Waals surface area contributed by atoms with Gasteiger partial charge in [0.25, 0.3) is 0 Å². The molecule has 0 radical (unpaired) electrons. The van der Waals surface area contributed by atoms with Crippen molar-refractivity contribution in [3.63, 3.8) is 0 Å². The second kappa shape index (κ2) is 11.0. The van der Waals surface area contributed by atoms with Crippen LogP contribution in [0.15, 0.2) is 58.5 Å². The first-order chi connectivity index (χ1) is 16.8. The van der Waals surface area contributed by atoms with Gasteiger partial charge in [0, 0.05) is 24.2 Å². The highest BCUT2D eigenvalue weighted by Crippen LogP contribution is 2.53. The predicted molar refractivity (Wildman–Crippen MR) is 147 cm³/mol. The molecule has 0 spiro atoms.